The molecule has 0 aliphatic rings. The van der Waals surface area contributed by atoms with Gasteiger partial charge in [0, 0.05) is 0 Å². The van der Waals surface area contributed by atoms with Crippen LogP contribution in [0, 0.1) is 9.81 Å². The topological polar surface area (TPSA) is 93.0 Å². The van der Waals surface area contributed by atoms with Gasteiger partial charge in [0.1, 0.15) is 0 Å². The number of nitroso groups, excluding NO2 is 2. The molecule has 0 aromatic rings. The number of carbonyl (C=O) groups excluding carboxylic acids is 2. The molecule has 2 unspecified atom stereocenters. The van der Waals surface area contributed by atoms with Crippen LogP contribution in [0.3, 0.4) is 0 Å². The molecule has 0 radical (unpaired) electrons. The summed E-state index contributed by atoms with van der Waals surface area (Å²) in [5, 5.41) is 4.41. The second-order valence-electron chi connectivity index (χ2n) is 1.46. The average molecular weight is 144 g/mol. The Morgan fingerprint density at radius 1 is 0.900 bits per heavy atom. The Bertz CT molecular complexity index is 123. The number of nitrogens with zero attached hydrogens (tertiary/aromatic N) is 2. The summed E-state index contributed by atoms with van der Waals surface area (Å²) in [5.41, 5.74) is 0. The maximum Gasteiger partial charge on any atom is 0.179 e. The molecule has 0 bridgehead atoms. The van der Waals surface area contributed by atoms with E-state index in [1.807, 2.05) is 0 Å². The van der Waals surface area contributed by atoms with Gasteiger partial charge >= 0.3 is 0 Å². The lowest BCUT2D eigenvalue weighted by molar-refractivity contribution is -0.114. The lowest BCUT2D eigenvalue weighted by Gasteiger charge is -1.97. The van der Waals surface area contributed by atoms with Crippen molar-refractivity contribution < 1.29 is 9.59 Å². The first-order valence-electron chi connectivity index (χ1n) is 2.35. The molecule has 0 aliphatic carbocycles. The van der Waals surface area contributed by atoms with Crippen molar-refractivity contribution in [3.8, 4) is 0 Å². The van der Waals surface area contributed by atoms with Crippen molar-refractivity contribution in [2.24, 2.45) is 10.4 Å². The van der Waals surface area contributed by atoms with Gasteiger partial charge in [-0.15, -0.1) is 9.81 Å². The van der Waals surface area contributed by atoms with E-state index in [0.717, 1.165) is 0 Å². The molecule has 0 saturated heterocycles. The van der Waals surface area contributed by atoms with Gasteiger partial charge < -0.3 is 9.59 Å². The zero-order valence-corrected chi connectivity index (χ0v) is 4.84. The van der Waals surface area contributed by atoms with Gasteiger partial charge in [-0.2, -0.15) is 0 Å². The van der Waals surface area contributed by atoms with Crippen LogP contribution in [0.1, 0.15) is 0 Å². The maximum absolute atomic E-state index is 9.84. The summed E-state index contributed by atoms with van der Waals surface area (Å²) < 4.78 is 0. The molecule has 10 heavy (non-hydrogen) atoms. The van der Waals surface area contributed by atoms with E-state index in [4.69, 9.17) is 0 Å². The van der Waals surface area contributed by atoms with Crippen LogP contribution in [-0.2, 0) is 9.59 Å². The summed E-state index contributed by atoms with van der Waals surface area (Å²) in [6.07, 6.45) is 0.209. The minimum absolute atomic E-state index is 0.105. The normalized spacial score (nSPS) is 14.8. The van der Waals surface area contributed by atoms with E-state index >= 15 is 0 Å². The summed E-state index contributed by atoms with van der Waals surface area (Å²) in [6.45, 7) is 0. The molecule has 0 saturated carbocycles. The predicted octanol–water partition coefficient (Wildman–Crippen LogP) is -0.346. The molecule has 6 nitrogen and oxygen atoms in total. The van der Waals surface area contributed by atoms with Crippen molar-refractivity contribution >= 4 is 12.6 Å². The van der Waals surface area contributed by atoms with E-state index in [0.29, 0.717) is 0 Å². The maximum atomic E-state index is 9.84. The standard InChI is InChI=1S/C4H4N2O4/c7-1-3(5-9)4(2-8)6-10/h1-4H. The first-order chi connectivity index (χ1) is 4.79. The summed E-state index contributed by atoms with van der Waals surface area (Å²) in [6, 6.07) is -2.95. The van der Waals surface area contributed by atoms with Crippen LogP contribution in [0.15, 0.2) is 10.4 Å². The Labute approximate surface area is 55.5 Å². The highest BCUT2D eigenvalue weighted by atomic mass is 16.3. The lowest BCUT2D eigenvalue weighted by Crippen LogP contribution is -2.24. The summed E-state index contributed by atoms with van der Waals surface area (Å²) in [7, 11) is 0. The number of carbonyl (C=O) groups is 2. The first kappa shape index (κ1) is 8.54. The largest absolute Gasteiger partial charge is 0.301 e. The van der Waals surface area contributed by atoms with Gasteiger partial charge in [0.2, 0.25) is 0 Å². The van der Waals surface area contributed by atoms with Crippen molar-refractivity contribution in [3.63, 3.8) is 0 Å². The molecule has 0 heterocycles. The Balaban J connectivity index is 4.20. The van der Waals surface area contributed by atoms with E-state index in [1.54, 1.807) is 0 Å². The Morgan fingerprint density at radius 3 is 1.30 bits per heavy atom. The highest BCUT2D eigenvalue weighted by molar-refractivity contribution is 5.71. The Hall–Kier alpha value is -1.46. The average Bonchev–Trinajstić information content (AvgIpc) is 2.00. The van der Waals surface area contributed by atoms with Gasteiger partial charge in [-0.3, -0.25) is 0 Å². The summed E-state index contributed by atoms with van der Waals surface area (Å²) in [4.78, 5) is 39.0. The molecule has 0 aromatic carbocycles. The summed E-state index contributed by atoms with van der Waals surface area (Å²) >= 11 is 0. The molecule has 2 atom stereocenters. The van der Waals surface area contributed by atoms with Crippen molar-refractivity contribution in [1.82, 2.24) is 0 Å². The van der Waals surface area contributed by atoms with E-state index in [1.165, 1.54) is 0 Å². The van der Waals surface area contributed by atoms with Gasteiger partial charge in [0.05, 0.1) is 0 Å². The minimum atomic E-state index is -1.48. The van der Waals surface area contributed by atoms with Crippen LogP contribution >= 0.6 is 0 Å². The van der Waals surface area contributed by atoms with Crippen LogP contribution in [-0.4, -0.2) is 24.7 Å². The van der Waals surface area contributed by atoms with Crippen molar-refractivity contribution in [1.29, 1.82) is 0 Å². The van der Waals surface area contributed by atoms with Crippen LogP contribution in [0.2, 0.25) is 0 Å². The molecule has 6 heteroatoms. The lowest BCUT2D eigenvalue weighted by atomic mass is 10.2. The predicted molar refractivity (Wildman–Crippen MR) is 31.3 cm³/mol. The zero-order valence-electron chi connectivity index (χ0n) is 4.84. The number of rotatable bonds is 5. The molecular weight excluding hydrogens is 140 g/mol. The third kappa shape index (κ3) is 1.81. The Kier molecular flexibility index (Phi) is 3.78. The van der Waals surface area contributed by atoms with Gasteiger partial charge in [-0.1, -0.05) is 10.4 Å². The molecule has 0 amide bonds. The monoisotopic (exact) mass is 144 g/mol. The fraction of sp³-hybridized carbons (Fsp3) is 0.500. The van der Waals surface area contributed by atoms with Gasteiger partial charge in [0.25, 0.3) is 0 Å². The van der Waals surface area contributed by atoms with Crippen LogP contribution < -0.4 is 0 Å². The van der Waals surface area contributed by atoms with Gasteiger partial charge in [0.15, 0.2) is 24.7 Å². The van der Waals surface area contributed by atoms with Gasteiger partial charge in [-0.25, -0.2) is 0 Å². The second-order valence-corrected chi connectivity index (χ2v) is 1.46. The fourth-order valence-corrected chi connectivity index (χ4v) is 0.335. The smallest absolute Gasteiger partial charge is 0.179 e. The van der Waals surface area contributed by atoms with E-state index in [9.17, 15) is 19.4 Å². The van der Waals surface area contributed by atoms with Gasteiger partial charge in [-0.05, 0) is 0 Å². The number of hydrogen-bond donors (Lipinski definition) is 0. The fourth-order valence-electron chi connectivity index (χ4n) is 0.335. The minimum Gasteiger partial charge on any atom is -0.301 e. The molecule has 0 spiro atoms. The van der Waals surface area contributed by atoms with E-state index in [-0.39, 0.29) is 12.6 Å². The molecule has 54 valence electrons. The molecule has 0 rings (SSSR count). The molecule has 0 aliphatic heterocycles. The number of hydrogen-bond acceptors (Lipinski definition) is 6. The van der Waals surface area contributed by atoms with Crippen LogP contribution in [0.25, 0.3) is 0 Å². The van der Waals surface area contributed by atoms with Crippen molar-refractivity contribution in [3.05, 3.63) is 9.81 Å². The molecule has 0 N–H and O–H groups in total. The van der Waals surface area contributed by atoms with E-state index in [2.05, 4.69) is 10.4 Å². The highest BCUT2D eigenvalue weighted by Crippen LogP contribution is 1.96. The van der Waals surface area contributed by atoms with E-state index < -0.39 is 12.1 Å². The summed E-state index contributed by atoms with van der Waals surface area (Å²) in [5.74, 6) is 0. The first-order valence-corrected chi connectivity index (χ1v) is 2.35. The van der Waals surface area contributed by atoms with Crippen LogP contribution in [0.4, 0.5) is 0 Å². The third-order valence-electron chi connectivity index (χ3n) is 0.872. The molecule has 0 aromatic heterocycles. The zero-order chi connectivity index (χ0) is 7.98. The third-order valence-corrected chi connectivity index (χ3v) is 0.872. The SMILES string of the molecule is O=CC(N=O)C(C=O)N=O. The van der Waals surface area contributed by atoms with Crippen LogP contribution in [0.5, 0.6) is 0 Å². The molecule has 0 fully saturated rings. The van der Waals surface area contributed by atoms with Crippen molar-refractivity contribution in [2.75, 3.05) is 0 Å². The highest BCUT2D eigenvalue weighted by Gasteiger charge is 2.21. The molecular formula is C4H4N2O4. The number of aldehydes is 2. The second kappa shape index (κ2) is 4.42. The Morgan fingerprint density at radius 2 is 1.20 bits per heavy atom. The van der Waals surface area contributed by atoms with Crippen molar-refractivity contribution in [2.45, 2.75) is 12.1 Å². The quantitative estimate of drug-likeness (QED) is 0.389.